The summed E-state index contributed by atoms with van der Waals surface area (Å²) in [7, 11) is -3.51. The lowest BCUT2D eigenvalue weighted by atomic mass is 10.4. The summed E-state index contributed by atoms with van der Waals surface area (Å²) in [5, 5.41) is 0.0486. The Morgan fingerprint density at radius 3 is 2.47 bits per heavy atom. The molecule has 15 heavy (non-hydrogen) atoms. The van der Waals surface area contributed by atoms with E-state index in [9.17, 15) is 8.42 Å². The van der Waals surface area contributed by atoms with Crippen LogP contribution in [0, 0.1) is 6.07 Å². The summed E-state index contributed by atoms with van der Waals surface area (Å²) >= 11 is 0. The van der Waals surface area contributed by atoms with Crippen molar-refractivity contribution >= 4 is 9.84 Å². The van der Waals surface area contributed by atoms with Crippen LogP contribution >= 0.6 is 0 Å². The van der Waals surface area contributed by atoms with Gasteiger partial charge in [-0.2, -0.15) is 0 Å². The average Bonchev–Trinajstić information content (AvgIpc) is 2.31. The molecule has 0 atom stereocenters. The molecule has 2 aromatic rings. The van der Waals surface area contributed by atoms with Crippen LogP contribution in [0.25, 0.3) is 0 Å². The number of benzene rings is 1. The highest BCUT2D eigenvalue weighted by atomic mass is 32.2. The van der Waals surface area contributed by atoms with E-state index in [1.165, 1.54) is 18.3 Å². The lowest BCUT2D eigenvalue weighted by Crippen LogP contribution is -2.03. The average molecular weight is 218 g/mol. The molecule has 0 aliphatic heterocycles. The first-order valence-electron chi connectivity index (χ1n) is 4.34. The fourth-order valence-corrected chi connectivity index (χ4v) is 2.33. The summed E-state index contributed by atoms with van der Waals surface area (Å²) in [6, 6.07) is 13.9. The normalized spacial score (nSPS) is 11.2. The van der Waals surface area contributed by atoms with E-state index >= 15 is 0 Å². The molecular weight excluding hydrogens is 210 g/mol. The van der Waals surface area contributed by atoms with Crippen LogP contribution in [0.1, 0.15) is 0 Å². The van der Waals surface area contributed by atoms with Gasteiger partial charge >= 0.3 is 0 Å². The number of sulfone groups is 1. The van der Waals surface area contributed by atoms with Gasteiger partial charge in [0.15, 0.2) is 5.03 Å². The van der Waals surface area contributed by atoms with Crippen molar-refractivity contribution in [2.24, 2.45) is 0 Å². The predicted molar refractivity (Wildman–Crippen MR) is 55.0 cm³/mol. The fourth-order valence-electron chi connectivity index (χ4n) is 1.16. The Kier molecular flexibility index (Phi) is 2.51. The molecular formula is C11H8NO2S. The minimum atomic E-state index is -3.51. The number of hydrogen-bond donors (Lipinski definition) is 0. The van der Waals surface area contributed by atoms with Crippen LogP contribution in [0.15, 0.2) is 58.6 Å². The Hall–Kier alpha value is -1.68. The number of aromatic nitrogens is 1. The van der Waals surface area contributed by atoms with Gasteiger partial charge in [0.2, 0.25) is 9.84 Å². The molecule has 0 unspecified atom stereocenters. The SMILES string of the molecule is O=S(=O)(c1[c]cccc1)c1ccccn1. The molecule has 1 aromatic heterocycles. The first kappa shape index (κ1) is 9.86. The van der Waals surface area contributed by atoms with Crippen LogP contribution in [0.4, 0.5) is 0 Å². The molecule has 1 heterocycles. The second-order valence-electron chi connectivity index (χ2n) is 2.90. The zero-order valence-electron chi connectivity index (χ0n) is 7.79. The zero-order chi connectivity index (χ0) is 10.7. The van der Waals surface area contributed by atoms with E-state index in [1.54, 1.807) is 30.3 Å². The molecule has 0 saturated carbocycles. The van der Waals surface area contributed by atoms with Gasteiger partial charge in [-0.25, -0.2) is 13.4 Å². The van der Waals surface area contributed by atoms with E-state index in [-0.39, 0.29) is 9.92 Å². The second kappa shape index (κ2) is 3.82. The summed E-state index contributed by atoms with van der Waals surface area (Å²) in [4.78, 5) is 3.96. The molecule has 1 radical (unpaired) electrons. The van der Waals surface area contributed by atoms with E-state index in [1.807, 2.05) is 0 Å². The van der Waals surface area contributed by atoms with Gasteiger partial charge in [0.25, 0.3) is 0 Å². The van der Waals surface area contributed by atoms with Crippen molar-refractivity contribution in [1.29, 1.82) is 0 Å². The van der Waals surface area contributed by atoms with Gasteiger partial charge in [-0.1, -0.05) is 24.3 Å². The third kappa shape index (κ3) is 1.89. The summed E-state index contributed by atoms with van der Waals surface area (Å²) in [6.45, 7) is 0. The van der Waals surface area contributed by atoms with Crippen LogP contribution in [-0.4, -0.2) is 13.4 Å². The van der Waals surface area contributed by atoms with Gasteiger partial charge in [0.05, 0.1) is 4.90 Å². The fraction of sp³-hybridized carbons (Fsp3) is 0. The van der Waals surface area contributed by atoms with Crippen molar-refractivity contribution in [3.63, 3.8) is 0 Å². The summed E-state index contributed by atoms with van der Waals surface area (Å²) in [5.74, 6) is 0. The van der Waals surface area contributed by atoms with Crippen molar-refractivity contribution in [3.8, 4) is 0 Å². The maximum atomic E-state index is 11.9. The first-order chi connectivity index (χ1) is 7.21. The maximum absolute atomic E-state index is 11.9. The van der Waals surface area contributed by atoms with Crippen LogP contribution in [-0.2, 0) is 9.84 Å². The quantitative estimate of drug-likeness (QED) is 0.771. The van der Waals surface area contributed by atoms with Gasteiger partial charge < -0.3 is 0 Å². The molecule has 4 heteroatoms. The Balaban J connectivity index is 2.55. The maximum Gasteiger partial charge on any atom is 0.224 e. The van der Waals surface area contributed by atoms with Crippen molar-refractivity contribution in [2.75, 3.05) is 0 Å². The Morgan fingerprint density at radius 1 is 1.07 bits per heavy atom. The van der Waals surface area contributed by atoms with Crippen molar-refractivity contribution in [1.82, 2.24) is 4.98 Å². The molecule has 0 fully saturated rings. The van der Waals surface area contributed by atoms with E-state index in [0.29, 0.717) is 0 Å². The molecule has 0 aliphatic carbocycles. The minimum Gasteiger partial charge on any atom is -0.244 e. The van der Waals surface area contributed by atoms with Crippen LogP contribution in [0.2, 0.25) is 0 Å². The third-order valence-corrected chi connectivity index (χ3v) is 3.51. The lowest BCUT2D eigenvalue weighted by molar-refractivity contribution is 0.592. The topological polar surface area (TPSA) is 47.0 Å². The van der Waals surface area contributed by atoms with Gasteiger partial charge in [0.1, 0.15) is 0 Å². The van der Waals surface area contributed by atoms with E-state index < -0.39 is 9.84 Å². The summed E-state index contributed by atoms with van der Waals surface area (Å²) in [5.41, 5.74) is 0. The van der Waals surface area contributed by atoms with Crippen LogP contribution in [0.5, 0.6) is 0 Å². The summed E-state index contributed by atoms with van der Waals surface area (Å²) < 4.78 is 23.9. The number of nitrogens with zero attached hydrogens (tertiary/aromatic N) is 1. The van der Waals surface area contributed by atoms with E-state index in [4.69, 9.17) is 0 Å². The van der Waals surface area contributed by atoms with Crippen molar-refractivity contribution < 1.29 is 8.42 Å². The zero-order valence-corrected chi connectivity index (χ0v) is 8.61. The third-order valence-electron chi connectivity index (χ3n) is 1.88. The Bertz CT molecular complexity index is 490. The minimum absolute atomic E-state index is 0.0486. The van der Waals surface area contributed by atoms with Crippen LogP contribution in [0.3, 0.4) is 0 Å². The largest absolute Gasteiger partial charge is 0.244 e. The van der Waals surface area contributed by atoms with Crippen LogP contribution < -0.4 is 0 Å². The molecule has 0 N–H and O–H groups in total. The molecule has 0 bridgehead atoms. The predicted octanol–water partition coefficient (Wildman–Crippen LogP) is 1.71. The highest BCUT2D eigenvalue weighted by Crippen LogP contribution is 2.16. The highest BCUT2D eigenvalue weighted by Gasteiger charge is 2.17. The number of pyridine rings is 1. The highest BCUT2D eigenvalue weighted by molar-refractivity contribution is 7.91. The van der Waals surface area contributed by atoms with Gasteiger partial charge in [-0.05, 0) is 18.2 Å². The molecule has 0 spiro atoms. The van der Waals surface area contributed by atoms with E-state index in [0.717, 1.165) is 0 Å². The number of rotatable bonds is 2. The Morgan fingerprint density at radius 2 is 1.87 bits per heavy atom. The molecule has 2 rings (SSSR count). The van der Waals surface area contributed by atoms with Gasteiger partial charge in [-0.3, -0.25) is 0 Å². The Labute approximate surface area is 88.3 Å². The van der Waals surface area contributed by atoms with E-state index in [2.05, 4.69) is 11.1 Å². The second-order valence-corrected chi connectivity index (χ2v) is 4.76. The molecule has 0 amide bonds. The first-order valence-corrected chi connectivity index (χ1v) is 5.82. The molecule has 0 saturated heterocycles. The molecule has 0 aliphatic rings. The van der Waals surface area contributed by atoms with Crippen molar-refractivity contribution in [3.05, 3.63) is 54.7 Å². The monoisotopic (exact) mass is 218 g/mol. The standard InChI is InChI=1S/C11H8NO2S/c13-15(14,10-6-2-1-3-7-10)11-8-4-5-9-12-11/h1-6,8-9H. The molecule has 75 valence electrons. The van der Waals surface area contributed by atoms with Gasteiger partial charge in [0, 0.05) is 12.3 Å². The molecule has 3 nitrogen and oxygen atoms in total. The van der Waals surface area contributed by atoms with Crippen molar-refractivity contribution in [2.45, 2.75) is 9.92 Å². The smallest absolute Gasteiger partial charge is 0.224 e. The lowest BCUT2D eigenvalue weighted by Gasteiger charge is -2.01. The summed E-state index contributed by atoms with van der Waals surface area (Å²) in [6.07, 6.45) is 1.45. The van der Waals surface area contributed by atoms with Gasteiger partial charge in [-0.15, -0.1) is 0 Å². The number of hydrogen-bond acceptors (Lipinski definition) is 3. The molecule has 1 aromatic carbocycles.